The number of nitrogens with one attached hydrogen (secondary N) is 1. The minimum absolute atomic E-state index is 0.843. The Hall–Kier alpha value is -1.94. The molecule has 0 unspecified atom stereocenters. The highest BCUT2D eigenvalue weighted by Crippen LogP contribution is 2.23. The Balaban J connectivity index is 1.64. The lowest BCUT2D eigenvalue weighted by molar-refractivity contribution is 0.271. The molecule has 0 fully saturated rings. The number of rotatable bonds is 4. The Morgan fingerprint density at radius 3 is 2.42 bits per heavy atom. The third-order valence-corrected chi connectivity index (χ3v) is 3.36. The summed E-state index contributed by atoms with van der Waals surface area (Å²) in [5, 5.41) is 3.16. The zero-order chi connectivity index (χ0) is 13.1. The number of hydrogen-bond acceptors (Lipinski definition) is 4. The van der Waals surface area contributed by atoms with E-state index in [0.717, 1.165) is 37.7 Å². The van der Waals surface area contributed by atoms with Crippen LogP contribution in [-0.4, -0.2) is 21.4 Å². The maximum absolute atomic E-state index is 4.46. The predicted molar refractivity (Wildman–Crippen MR) is 75.6 cm³/mol. The molecule has 4 heteroatoms. The van der Waals surface area contributed by atoms with Gasteiger partial charge < -0.3 is 5.32 Å². The molecule has 0 amide bonds. The molecule has 0 spiro atoms. The average molecular weight is 254 g/mol. The number of nitrogens with zero attached hydrogens (tertiary/aromatic N) is 3. The van der Waals surface area contributed by atoms with Gasteiger partial charge in [0.1, 0.15) is 5.82 Å². The third-order valence-electron chi connectivity index (χ3n) is 3.36. The van der Waals surface area contributed by atoms with Crippen LogP contribution in [0.5, 0.6) is 0 Å². The number of hydrogen-bond donors (Lipinski definition) is 1. The largest absolute Gasteiger partial charge is 0.369 e. The predicted octanol–water partition coefficient (Wildman–Crippen LogP) is 2.42. The van der Waals surface area contributed by atoms with Crippen molar-refractivity contribution in [1.29, 1.82) is 0 Å². The van der Waals surface area contributed by atoms with Gasteiger partial charge in [0.05, 0.1) is 18.1 Å². The summed E-state index contributed by atoms with van der Waals surface area (Å²) >= 11 is 0. The van der Waals surface area contributed by atoms with E-state index in [1.807, 2.05) is 12.4 Å². The second kappa shape index (κ2) is 5.36. The molecule has 0 radical (unpaired) electrons. The van der Waals surface area contributed by atoms with Crippen molar-refractivity contribution < 1.29 is 0 Å². The van der Waals surface area contributed by atoms with E-state index in [-0.39, 0.29) is 0 Å². The lowest BCUT2D eigenvalue weighted by atomic mass is 10.1. The fourth-order valence-corrected chi connectivity index (χ4v) is 2.45. The van der Waals surface area contributed by atoms with Gasteiger partial charge in [-0.15, -0.1) is 0 Å². The monoisotopic (exact) mass is 254 g/mol. The maximum atomic E-state index is 4.46. The SMILES string of the molecule is CCNc1cnc(CN2Cc3ccccc3C2)cn1. The van der Waals surface area contributed by atoms with Gasteiger partial charge >= 0.3 is 0 Å². The van der Waals surface area contributed by atoms with Crippen LogP contribution in [-0.2, 0) is 19.6 Å². The quantitative estimate of drug-likeness (QED) is 0.909. The summed E-state index contributed by atoms with van der Waals surface area (Å²) in [6, 6.07) is 8.62. The molecule has 2 heterocycles. The smallest absolute Gasteiger partial charge is 0.144 e. The molecular weight excluding hydrogens is 236 g/mol. The van der Waals surface area contributed by atoms with E-state index in [9.17, 15) is 0 Å². The van der Waals surface area contributed by atoms with Gasteiger partial charge in [-0.25, -0.2) is 4.98 Å². The first-order valence-corrected chi connectivity index (χ1v) is 6.69. The number of fused-ring (bicyclic) bond motifs is 1. The van der Waals surface area contributed by atoms with Crippen LogP contribution in [0.15, 0.2) is 36.7 Å². The van der Waals surface area contributed by atoms with E-state index >= 15 is 0 Å². The van der Waals surface area contributed by atoms with Crippen LogP contribution in [0, 0.1) is 0 Å². The molecule has 0 atom stereocenters. The Morgan fingerprint density at radius 1 is 1.11 bits per heavy atom. The normalized spacial score (nSPS) is 14.4. The molecule has 19 heavy (non-hydrogen) atoms. The van der Waals surface area contributed by atoms with Crippen molar-refractivity contribution in [3.8, 4) is 0 Å². The maximum Gasteiger partial charge on any atom is 0.144 e. The fraction of sp³-hybridized carbons (Fsp3) is 0.333. The first-order chi connectivity index (χ1) is 9.35. The van der Waals surface area contributed by atoms with E-state index in [1.54, 1.807) is 0 Å². The minimum Gasteiger partial charge on any atom is -0.369 e. The summed E-state index contributed by atoms with van der Waals surface area (Å²) in [6.45, 7) is 5.79. The number of anilines is 1. The Bertz CT molecular complexity index is 525. The molecule has 98 valence electrons. The first-order valence-electron chi connectivity index (χ1n) is 6.69. The fourth-order valence-electron chi connectivity index (χ4n) is 2.45. The van der Waals surface area contributed by atoms with E-state index in [0.29, 0.717) is 0 Å². The summed E-state index contributed by atoms with van der Waals surface area (Å²) in [5.74, 6) is 0.843. The molecule has 0 saturated carbocycles. The van der Waals surface area contributed by atoms with E-state index < -0.39 is 0 Å². The molecule has 0 aliphatic carbocycles. The van der Waals surface area contributed by atoms with Gasteiger partial charge in [0, 0.05) is 26.2 Å². The van der Waals surface area contributed by atoms with Gasteiger partial charge in [-0.05, 0) is 18.1 Å². The number of benzene rings is 1. The van der Waals surface area contributed by atoms with Gasteiger partial charge in [0.15, 0.2) is 0 Å². The lowest BCUT2D eigenvalue weighted by Crippen LogP contribution is -2.16. The van der Waals surface area contributed by atoms with Gasteiger partial charge in [0.25, 0.3) is 0 Å². The molecular formula is C15H18N4. The molecule has 0 saturated heterocycles. The summed E-state index contributed by atoms with van der Waals surface area (Å²) < 4.78 is 0. The summed E-state index contributed by atoms with van der Waals surface area (Å²) in [7, 11) is 0. The first kappa shape index (κ1) is 12.1. The zero-order valence-corrected chi connectivity index (χ0v) is 11.1. The molecule has 3 rings (SSSR count). The molecule has 1 aliphatic rings. The second-order valence-electron chi connectivity index (χ2n) is 4.84. The van der Waals surface area contributed by atoms with Gasteiger partial charge in [-0.2, -0.15) is 0 Å². The molecule has 1 aliphatic heterocycles. The average Bonchev–Trinajstić information content (AvgIpc) is 2.83. The molecule has 4 nitrogen and oxygen atoms in total. The van der Waals surface area contributed by atoms with Crippen molar-refractivity contribution in [2.24, 2.45) is 0 Å². The minimum atomic E-state index is 0.843. The van der Waals surface area contributed by atoms with Gasteiger partial charge in [0.2, 0.25) is 0 Å². The Labute approximate surface area is 113 Å². The third kappa shape index (κ3) is 2.74. The Kier molecular flexibility index (Phi) is 3.42. The van der Waals surface area contributed by atoms with Crippen molar-refractivity contribution in [2.45, 2.75) is 26.6 Å². The lowest BCUT2D eigenvalue weighted by Gasteiger charge is -2.13. The summed E-state index contributed by atoms with van der Waals surface area (Å²) in [5.41, 5.74) is 3.88. The van der Waals surface area contributed by atoms with Crippen LogP contribution >= 0.6 is 0 Å². The van der Waals surface area contributed by atoms with Crippen LogP contribution in [0.2, 0.25) is 0 Å². The van der Waals surface area contributed by atoms with Crippen LogP contribution in [0.3, 0.4) is 0 Å². The van der Waals surface area contributed by atoms with Crippen molar-refractivity contribution in [2.75, 3.05) is 11.9 Å². The second-order valence-corrected chi connectivity index (χ2v) is 4.84. The molecule has 1 N–H and O–H groups in total. The molecule has 1 aromatic heterocycles. The highest BCUT2D eigenvalue weighted by atomic mass is 15.1. The van der Waals surface area contributed by atoms with E-state index in [2.05, 4.69) is 51.4 Å². The topological polar surface area (TPSA) is 41.1 Å². The number of aromatic nitrogens is 2. The van der Waals surface area contributed by atoms with Crippen LogP contribution in [0.25, 0.3) is 0 Å². The van der Waals surface area contributed by atoms with Crippen LogP contribution < -0.4 is 5.32 Å². The van der Waals surface area contributed by atoms with Crippen molar-refractivity contribution in [3.05, 3.63) is 53.5 Å². The molecule has 1 aromatic carbocycles. The van der Waals surface area contributed by atoms with Crippen molar-refractivity contribution in [3.63, 3.8) is 0 Å². The standard InChI is InChI=1S/C15H18N4/c1-2-16-15-8-17-14(7-18-15)11-19-9-12-5-3-4-6-13(12)10-19/h3-8H,2,9-11H2,1H3,(H,16,18). The molecule has 0 bridgehead atoms. The van der Waals surface area contributed by atoms with Crippen LogP contribution in [0.1, 0.15) is 23.7 Å². The van der Waals surface area contributed by atoms with Gasteiger partial charge in [-0.1, -0.05) is 24.3 Å². The highest BCUT2D eigenvalue weighted by molar-refractivity contribution is 5.32. The Morgan fingerprint density at radius 2 is 1.84 bits per heavy atom. The molecule has 2 aromatic rings. The van der Waals surface area contributed by atoms with E-state index in [4.69, 9.17) is 0 Å². The van der Waals surface area contributed by atoms with Crippen molar-refractivity contribution >= 4 is 5.82 Å². The summed E-state index contributed by atoms with van der Waals surface area (Å²) in [4.78, 5) is 11.2. The summed E-state index contributed by atoms with van der Waals surface area (Å²) in [6.07, 6.45) is 3.67. The van der Waals surface area contributed by atoms with Gasteiger partial charge in [-0.3, -0.25) is 9.88 Å². The van der Waals surface area contributed by atoms with E-state index in [1.165, 1.54) is 11.1 Å². The zero-order valence-electron chi connectivity index (χ0n) is 11.1. The van der Waals surface area contributed by atoms with Crippen molar-refractivity contribution in [1.82, 2.24) is 14.9 Å². The highest BCUT2D eigenvalue weighted by Gasteiger charge is 2.18. The van der Waals surface area contributed by atoms with Crippen LogP contribution in [0.4, 0.5) is 5.82 Å².